The molecule has 2 aromatic rings. The van der Waals surface area contributed by atoms with Crippen LogP contribution < -0.4 is 0 Å². The third-order valence-corrected chi connectivity index (χ3v) is 2.78. The van der Waals surface area contributed by atoms with E-state index in [-0.39, 0.29) is 0 Å². The van der Waals surface area contributed by atoms with Gasteiger partial charge >= 0.3 is 0 Å². The molecule has 0 saturated carbocycles. The van der Waals surface area contributed by atoms with Gasteiger partial charge in [-0.15, -0.1) is 0 Å². The minimum Gasteiger partial charge on any atom is -0.0622 e. The maximum atomic E-state index is 2.18. The van der Waals surface area contributed by atoms with Crippen LogP contribution in [0.25, 0.3) is 0 Å². The molecule has 0 aliphatic heterocycles. The third kappa shape index (κ3) is 5.35. The summed E-state index contributed by atoms with van der Waals surface area (Å²) >= 11 is 0. The molecular formula is C17H22. The molecule has 0 nitrogen and oxygen atoms in total. The van der Waals surface area contributed by atoms with Gasteiger partial charge in [-0.05, 0) is 30.9 Å². The van der Waals surface area contributed by atoms with Gasteiger partial charge in [0.1, 0.15) is 0 Å². The van der Waals surface area contributed by atoms with Gasteiger partial charge in [-0.3, -0.25) is 0 Å². The minimum atomic E-state index is 1.14. The van der Waals surface area contributed by atoms with Crippen LogP contribution in [0, 0.1) is 6.92 Å². The molecule has 0 fully saturated rings. The zero-order valence-corrected chi connectivity index (χ0v) is 11.1. The van der Waals surface area contributed by atoms with Crippen molar-refractivity contribution in [1.82, 2.24) is 0 Å². The van der Waals surface area contributed by atoms with Gasteiger partial charge in [-0.25, -0.2) is 0 Å². The monoisotopic (exact) mass is 226 g/mol. The molecule has 17 heavy (non-hydrogen) atoms. The Hall–Kier alpha value is -1.56. The summed E-state index contributed by atoms with van der Waals surface area (Å²) in [5, 5.41) is 0. The van der Waals surface area contributed by atoms with Crippen LogP contribution >= 0.6 is 0 Å². The second-order valence-electron chi connectivity index (χ2n) is 4.18. The Kier molecular flexibility index (Phi) is 6.09. The molecule has 0 saturated heterocycles. The molecule has 0 heterocycles. The number of rotatable bonds is 2. The number of benzene rings is 2. The Morgan fingerprint density at radius 1 is 0.647 bits per heavy atom. The van der Waals surface area contributed by atoms with Crippen molar-refractivity contribution in [2.45, 2.75) is 33.6 Å². The molecule has 0 radical (unpaired) electrons. The van der Waals surface area contributed by atoms with E-state index in [9.17, 15) is 0 Å². The van der Waals surface area contributed by atoms with Crippen molar-refractivity contribution in [3.05, 3.63) is 71.3 Å². The number of aryl methyl sites for hydroxylation is 3. The van der Waals surface area contributed by atoms with Gasteiger partial charge in [-0.2, -0.15) is 0 Å². The smallest absolute Gasteiger partial charge is 0.0307 e. The van der Waals surface area contributed by atoms with Gasteiger partial charge in [0.25, 0.3) is 0 Å². The summed E-state index contributed by atoms with van der Waals surface area (Å²) < 4.78 is 0. The molecule has 2 aromatic carbocycles. The summed E-state index contributed by atoms with van der Waals surface area (Å²) in [5.74, 6) is 0. The molecule has 0 bridgehead atoms. The maximum absolute atomic E-state index is 2.18. The van der Waals surface area contributed by atoms with Crippen molar-refractivity contribution in [2.75, 3.05) is 0 Å². The van der Waals surface area contributed by atoms with E-state index >= 15 is 0 Å². The molecule has 0 amide bonds. The average molecular weight is 226 g/mol. The van der Waals surface area contributed by atoms with Gasteiger partial charge in [0.05, 0.1) is 0 Å². The Labute approximate surface area is 105 Å². The van der Waals surface area contributed by atoms with Crippen molar-refractivity contribution in [3.8, 4) is 0 Å². The molecular weight excluding hydrogens is 204 g/mol. The van der Waals surface area contributed by atoms with Gasteiger partial charge in [-0.1, -0.05) is 74.0 Å². The molecule has 0 aromatic heterocycles. The highest BCUT2D eigenvalue weighted by atomic mass is 13.9. The molecule has 0 aliphatic rings. The number of hydrogen-bond donors (Lipinski definition) is 0. The molecule has 90 valence electrons. The molecule has 0 unspecified atom stereocenters. The molecule has 0 N–H and O–H groups in total. The Balaban J connectivity index is 0.000000171. The minimum absolute atomic E-state index is 1.14. The van der Waals surface area contributed by atoms with E-state index in [0.29, 0.717) is 0 Å². The SMILES string of the molecule is CCc1ccc(C)cc1.CCc1ccccc1. The van der Waals surface area contributed by atoms with E-state index in [1.54, 1.807) is 0 Å². The summed E-state index contributed by atoms with van der Waals surface area (Å²) in [6.45, 7) is 6.44. The molecule has 0 atom stereocenters. The zero-order chi connectivity index (χ0) is 12.5. The first kappa shape index (κ1) is 13.5. The Morgan fingerprint density at radius 3 is 1.53 bits per heavy atom. The van der Waals surface area contributed by atoms with E-state index in [2.05, 4.69) is 69.3 Å². The molecule has 0 heteroatoms. The van der Waals surface area contributed by atoms with Crippen LogP contribution in [0.5, 0.6) is 0 Å². The second-order valence-corrected chi connectivity index (χ2v) is 4.18. The topological polar surface area (TPSA) is 0 Å². The summed E-state index contributed by atoms with van der Waals surface area (Å²) in [6.07, 6.45) is 2.28. The fraction of sp³-hybridized carbons (Fsp3) is 0.294. The lowest BCUT2D eigenvalue weighted by Gasteiger charge is -1.94. The maximum Gasteiger partial charge on any atom is -0.0307 e. The normalized spacial score (nSPS) is 9.35. The largest absolute Gasteiger partial charge is 0.0622 e. The van der Waals surface area contributed by atoms with Crippen LogP contribution in [0.15, 0.2) is 54.6 Å². The second kappa shape index (κ2) is 7.67. The lowest BCUT2D eigenvalue weighted by Crippen LogP contribution is -1.77. The van der Waals surface area contributed by atoms with E-state index in [1.165, 1.54) is 16.7 Å². The van der Waals surface area contributed by atoms with Crippen molar-refractivity contribution >= 4 is 0 Å². The predicted molar refractivity (Wildman–Crippen MR) is 76.4 cm³/mol. The quantitative estimate of drug-likeness (QED) is 0.689. The van der Waals surface area contributed by atoms with E-state index in [1.807, 2.05) is 6.07 Å². The highest BCUT2D eigenvalue weighted by Crippen LogP contribution is 2.02. The van der Waals surface area contributed by atoms with Crippen molar-refractivity contribution < 1.29 is 0 Å². The lowest BCUT2D eigenvalue weighted by molar-refractivity contribution is 1.14. The lowest BCUT2D eigenvalue weighted by atomic mass is 10.1. The van der Waals surface area contributed by atoms with Gasteiger partial charge < -0.3 is 0 Å². The zero-order valence-electron chi connectivity index (χ0n) is 11.1. The predicted octanol–water partition coefficient (Wildman–Crippen LogP) is 4.81. The summed E-state index contributed by atoms with van der Waals surface area (Å²) in [4.78, 5) is 0. The van der Waals surface area contributed by atoms with E-state index in [0.717, 1.165) is 12.8 Å². The van der Waals surface area contributed by atoms with Gasteiger partial charge in [0.2, 0.25) is 0 Å². The Morgan fingerprint density at radius 2 is 1.12 bits per heavy atom. The van der Waals surface area contributed by atoms with E-state index in [4.69, 9.17) is 0 Å². The highest BCUT2D eigenvalue weighted by molar-refractivity contribution is 5.20. The fourth-order valence-electron chi connectivity index (χ4n) is 1.54. The molecule has 0 spiro atoms. The first-order valence-corrected chi connectivity index (χ1v) is 6.35. The average Bonchev–Trinajstić information content (AvgIpc) is 2.41. The van der Waals surface area contributed by atoms with Crippen molar-refractivity contribution in [2.24, 2.45) is 0 Å². The van der Waals surface area contributed by atoms with Crippen LogP contribution in [-0.2, 0) is 12.8 Å². The van der Waals surface area contributed by atoms with Gasteiger partial charge in [0.15, 0.2) is 0 Å². The van der Waals surface area contributed by atoms with Crippen LogP contribution in [0.4, 0.5) is 0 Å². The fourth-order valence-corrected chi connectivity index (χ4v) is 1.54. The van der Waals surface area contributed by atoms with Crippen LogP contribution in [0.3, 0.4) is 0 Å². The van der Waals surface area contributed by atoms with Crippen LogP contribution in [0.1, 0.15) is 30.5 Å². The van der Waals surface area contributed by atoms with Crippen LogP contribution in [0.2, 0.25) is 0 Å². The molecule has 0 aliphatic carbocycles. The summed E-state index contributed by atoms with van der Waals surface area (Å²) in [6, 6.07) is 19.1. The molecule has 2 rings (SSSR count). The summed E-state index contributed by atoms with van der Waals surface area (Å²) in [5.41, 5.74) is 4.17. The standard InChI is InChI=1S/C9H12.C8H10/c1-3-9-6-4-8(2)5-7-9;1-2-8-6-4-3-5-7-8/h4-7H,3H2,1-2H3;3-7H,2H2,1H3. The van der Waals surface area contributed by atoms with Crippen molar-refractivity contribution in [1.29, 1.82) is 0 Å². The summed E-state index contributed by atoms with van der Waals surface area (Å²) in [7, 11) is 0. The first-order valence-electron chi connectivity index (χ1n) is 6.35. The van der Waals surface area contributed by atoms with Crippen LogP contribution in [-0.4, -0.2) is 0 Å². The van der Waals surface area contributed by atoms with Crippen molar-refractivity contribution in [3.63, 3.8) is 0 Å². The Bertz CT molecular complexity index is 398. The first-order chi connectivity index (χ1) is 8.26. The van der Waals surface area contributed by atoms with Gasteiger partial charge in [0, 0.05) is 0 Å². The third-order valence-electron chi connectivity index (χ3n) is 2.78. The highest BCUT2D eigenvalue weighted by Gasteiger charge is 1.84. The van der Waals surface area contributed by atoms with E-state index < -0.39 is 0 Å². The number of hydrogen-bond acceptors (Lipinski definition) is 0.